The van der Waals surface area contributed by atoms with Crippen LogP contribution in [0.25, 0.3) is 6.08 Å². The Morgan fingerprint density at radius 2 is 2.32 bits per heavy atom. The maximum Gasteiger partial charge on any atom is 0.246 e. The molecule has 0 saturated carbocycles. The van der Waals surface area contributed by atoms with Gasteiger partial charge in [0.25, 0.3) is 0 Å². The van der Waals surface area contributed by atoms with Crippen LogP contribution in [0, 0.1) is 0 Å². The molecule has 0 radical (unpaired) electrons. The summed E-state index contributed by atoms with van der Waals surface area (Å²) in [6.07, 6.45) is 6.57. The summed E-state index contributed by atoms with van der Waals surface area (Å²) in [6.45, 7) is 0.713. The highest BCUT2D eigenvalue weighted by Gasteiger charge is 2.26. The number of primary amides is 1. The van der Waals surface area contributed by atoms with E-state index in [9.17, 15) is 9.59 Å². The fraction of sp³-hybridized carbons (Fsp3) is 0.429. The number of piperidine rings is 1. The first-order valence-electron chi connectivity index (χ1n) is 6.46. The van der Waals surface area contributed by atoms with Gasteiger partial charge in [0.05, 0.1) is 0 Å². The lowest BCUT2D eigenvalue weighted by Gasteiger charge is -2.34. The van der Waals surface area contributed by atoms with E-state index in [0.29, 0.717) is 6.54 Å². The Hall–Kier alpha value is -1.62. The first-order chi connectivity index (χ1) is 9.16. The zero-order valence-electron chi connectivity index (χ0n) is 10.7. The largest absolute Gasteiger partial charge is 0.370 e. The van der Waals surface area contributed by atoms with Crippen molar-refractivity contribution in [1.29, 1.82) is 0 Å². The molecule has 1 aliphatic heterocycles. The van der Waals surface area contributed by atoms with Gasteiger partial charge in [-0.05, 0) is 47.7 Å². The number of amides is 2. The van der Waals surface area contributed by atoms with Gasteiger partial charge >= 0.3 is 0 Å². The van der Waals surface area contributed by atoms with Gasteiger partial charge in [0.2, 0.25) is 11.8 Å². The monoisotopic (exact) mass is 278 g/mol. The summed E-state index contributed by atoms with van der Waals surface area (Å²) in [4.78, 5) is 25.0. The number of rotatable bonds is 4. The van der Waals surface area contributed by atoms with E-state index in [2.05, 4.69) is 0 Å². The average molecular weight is 278 g/mol. The average Bonchev–Trinajstić information content (AvgIpc) is 2.89. The summed E-state index contributed by atoms with van der Waals surface area (Å²) in [7, 11) is 0. The van der Waals surface area contributed by atoms with Crippen molar-refractivity contribution in [2.24, 2.45) is 5.73 Å². The standard InChI is InChI=1S/C14H18N2O2S/c15-13(17)9-12-3-1-2-7-16(12)14(18)5-4-11-6-8-19-10-11/h4-6,8,10,12H,1-3,7,9H2,(H2,15,17)/b5-4-/t12-/m1/s1. The lowest BCUT2D eigenvalue weighted by atomic mass is 9.99. The highest BCUT2D eigenvalue weighted by Crippen LogP contribution is 2.20. The van der Waals surface area contributed by atoms with Gasteiger partial charge in [-0.25, -0.2) is 0 Å². The normalized spacial score (nSPS) is 19.8. The van der Waals surface area contributed by atoms with Gasteiger partial charge in [0.1, 0.15) is 0 Å². The summed E-state index contributed by atoms with van der Waals surface area (Å²) in [6, 6.07) is 1.93. The van der Waals surface area contributed by atoms with Crippen LogP contribution in [-0.4, -0.2) is 29.3 Å². The minimum atomic E-state index is -0.341. The molecule has 0 aliphatic carbocycles. The third-order valence-electron chi connectivity index (χ3n) is 3.31. The Balaban J connectivity index is 2.00. The van der Waals surface area contributed by atoms with E-state index in [0.717, 1.165) is 24.8 Å². The number of nitrogens with two attached hydrogens (primary N) is 1. The fourth-order valence-electron chi connectivity index (χ4n) is 2.37. The van der Waals surface area contributed by atoms with Crippen molar-refractivity contribution in [1.82, 2.24) is 4.90 Å². The molecule has 2 rings (SSSR count). The van der Waals surface area contributed by atoms with Gasteiger partial charge in [0, 0.05) is 25.1 Å². The van der Waals surface area contributed by atoms with Crippen LogP contribution in [0.5, 0.6) is 0 Å². The molecule has 2 amide bonds. The summed E-state index contributed by atoms with van der Waals surface area (Å²) < 4.78 is 0. The van der Waals surface area contributed by atoms with E-state index in [-0.39, 0.29) is 24.3 Å². The van der Waals surface area contributed by atoms with Crippen LogP contribution < -0.4 is 5.73 Å². The maximum atomic E-state index is 12.2. The predicted molar refractivity (Wildman–Crippen MR) is 76.5 cm³/mol. The molecule has 19 heavy (non-hydrogen) atoms. The van der Waals surface area contributed by atoms with Gasteiger partial charge in [-0.1, -0.05) is 0 Å². The molecular formula is C14H18N2O2S. The molecule has 102 valence electrons. The molecule has 1 saturated heterocycles. The van der Waals surface area contributed by atoms with E-state index in [4.69, 9.17) is 5.73 Å². The molecule has 1 aromatic heterocycles. The number of likely N-dealkylation sites (tertiary alicyclic amines) is 1. The van der Waals surface area contributed by atoms with Gasteiger partial charge in [-0.2, -0.15) is 11.3 Å². The molecule has 2 N–H and O–H groups in total. The number of nitrogens with zero attached hydrogens (tertiary/aromatic N) is 1. The van der Waals surface area contributed by atoms with E-state index < -0.39 is 0 Å². The highest BCUT2D eigenvalue weighted by atomic mass is 32.1. The summed E-state index contributed by atoms with van der Waals surface area (Å²) in [5.74, 6) is -0.372. The molecule has 1 atom stereocenters. The molecular weight excluding hydrogens is 260 g/mol. The molecule has 0 aromatic carbocycles. The molecule has 2 heterocycles. The van der Waals surface area contributed by atoms with Crippen LogP contribution in [0.1, 0.15) is 31.2 Å². The van der Waals surface area contributed by atoms with Crippen LogP contribution in [-0.2, 0) is 9.59 Å². The first kappa shape index (κ1) is 13.8. The third-order valence-corrected chi connectivity index (χ3v) is 4.01. The topological polar surface area (TPSA) is 63.4 Å². The van der Waals surface area contributed by atoms with E-state index in [1.807, 2.05) is 22.9 Å². The van der Waals surface area contributed by atoms with Crippen molar-refractivity contribution < 1.29 is 9.59 Å². The molecule has 4 nitrogen and oxygen atoms in total. The summed E-state index contributed by atoms with van der Waals surface area (Å²) in [5, 5.41) is 3.96. The van der Waals surface area contributed by atoms with Crippen molar-refractivity contribution in [2.75, 3.05) is 6.54 Å². The van der Waals surface area contributed by atoms with Crippen molar-refractivity contribution in [3.8, 4) is 0 Å². The number of hydrogen-bond acceptors (Lipinski definition) is 3. The summed E-state index contributed by atoms with van der Waals surface area (Å²) in [5.41, 5.74) is 6.27. The Kier molecular flexibility index (Phi) is 4.74. The Bertz CT molecular complexity index is 468. The SMILES string of the molecule is NC(=O)C[C@H]1CCCCN1C(=O)/C=C\c1ccsc1. The van der Waals surface area contributed by atoms with E-state index in [1.54, 1.807) is 22.3 Å². The van der Waals surface area contributed by atoms with Crippen LogP contribution in [0.4, 0.5) is 0 Å². The van der Waals surface area contributed by atoms with Crippen molar-refractivity contribution in [3.05, 3.63) is 28.5 Å². The quantitative estimate of drug-likeness (QED) is 0.856. The molecule has 0 unspecified atom stereocenters. The van der Waals surface area contributed by atoms with Gasteiger partial charge in [-0.15, -0.1) is 0 Å². The van der Waals surface area contributed by atoms with Crippen LogP contribution in [0.15, 0.2) is 22.9 Å². The molecule has 0 bridgehead atoms. The van der Waals surface area contributed by atoms with Crippen molar-refractivity contribution in [2.45, 2.75) is 31.7 Å². The fourth-order valence-corrected chi connectivity index (χ4v) is 3.00. The second-order valence-corrected chi connectivity index (χ2v) is 5.52. The molecule has 0 spiro atoms. The number of hydrogen-bond donors (Lipinski definition) is 1. The Morgan fingerprint density at radius 3 is 3.00 bits per heavy atom. The highest BCUT2D eigenvalue weighted by molar-refractivity contribution is 7.08. The van der Waals surface area contributed by atoms with Crippen LogP contribution in [0.3, 0.4) is 0 Å². The summed E-state index contributed by atoms with van der Waals surface area (Å²) >= 11 is 1.60. The molecule has 5 heteroatoms. The van der Waals surface area contributed by atoms with Crippen molar-refractivity contribution in [3.63, 3.8) is 0 Å². The Morgan fingerprint density at radius 1 is 1.47 bits per heavy atom. The number of carbonyl (C=O) groups is 2. The second kappa shape index (κ2) is 6.52. The van der Waals surface area contributed by atoms with Gasteiger partial charge in [0.15, 0.2) is 0 Å². The Labute approximate surface area is 116 Å². The zero-order chi connectivity index (χ0) is 13.7. The van der Waals surface area contributed by atoms with E-state index in [1.165, 1.54) is 0 Å². The van der Waals surface area contributed by atoms with Crippen LogP contribution in [0.2, 0.25) is 0 Å². The lowest BCUT2D eigenvalue weighted by molar-refractivity contribution is -0.130. The molecule has 1 aromatic rings. The van der Waals surface area contributed by atoms with Gasteiger partial charge in [-0.3, -0.25) is 9.59 Å². The minimum absolute atomic E-state index is 0.0304. The predicted octanol–water partition coefficient (Wildman–Crippen LogP) is 2.02. The molecule has 1 fully saturated rings. The maximum absolute atomic E-state index is 12.2. The van der Waals surface area contributed by atoms with Crippen molar-refractivity contribution >= 4 is 29.2 Å². The smallest absolute Gasteiger partial charge is 0.246 e. The van der Waals surface area contributed by atoms with E-state index >= 15 is 0 Å². The first-order valence-corrected chi connectivity index (χ1v) is 7.40. The van der Waals surface area contributed by atoms with Gasteiger partial charge < -0.3 is 10.6 Å². The minimum Gasteiger partial charge on any atom is -0.370 e. The second-order valence-electron chi connectivity index (χ2n) is 4.74. The third kappa shape index (κ3) is 3.92. The lowest BCUT2D eigenvalue weighted by Crippen LogP contribution is -2.44. The molecule has 1 aliphatic rings. The zero-order valence-corrected chi connectivity index (χ0v) is 11.6. The number of thiophene rings is 1. The van der Waals surface area contributed by atoms with Crippen LogP contribution >= 0.6 is 11.3 Å². The number of carbonyl (C=O) groups excluding carboxylic acids is 2.